The molecule has 0 bridgehead atoms. The Kier molecular flexibility index (Phi) is 6.85. The smallest absolute Gasteiger partial charge is 0.0582 e. The summed E-state index contributed by atoms with van der Waals surface area (Å²) < 4.78 is 1.31. The Hall–Kier alpha value is -0.250. The maximum atomic E-state index is 3.37. The molecule has 0 aliphatic heterocycles. The monoisotopic (exact) mass is 330 g/mol. The molecule has 0 atom stereocenters. The van der Waals surface area contributed by atoms with Crippen LogP contribution in [0.2, 0.25) is 0 Å². The first-order chi connectivity index (χ1) is 7.79. The van der Waals surface area contributed by atoms with E-state index in [2.05, 4.69) is 59.5 Å². The highest BCUT2D eigenvalue weighted by Gasteiger charge is 2.08. The van der Waals surface area contributed by atoms with E-state index in [0.717, 1.165) is 13.1 Å². The van der Waals surface area contributed by atoms with Crippen molar-refractivity contribution in [3.63, 3.8) is 0 Å². The average Bonchev–Trinajstić information content (AvgIpc) is 2.31. The van der Waals surface area contributed by atoms with Gasteiger partial charge in [-0.25, -0.2) is 0 Å². The fourth-order valence-electron chi connectivity index (χ4n) is 1.68. The van der Waals surface area contributed by atoms with Crippen molar-refractivity contribution in [1.29, 1.82) is 0 Å². The van der Waals surface area contributed by atoms with Gasteiger partial charge in [0.2, 0.25) is 0 Å². The summed E-state index contributed by atoms with van der Waals surface area (Å²) >= 11 is 2.41. The van der Waals surface area contributed by atoms with Gasteiger partial charge in [-0.15, -0.1) is 0 Å². The van der Waals surface area contributed by atoms with Crippen LogP contribution in [-0.4, -0.2) is 13.1 Å². The van der Waals surface area contributed by atoms with E-state index in [4.69, 9.17) is 0 Å². The summed E-state index contributed by atoms with van der Waals surface area (Å²) in [5, 5.41) is 0. The Morgan fingerprint density at radius 1 is 1.19 bits per heavy atom. The molecule has 89 valence electrons. The molecule has 0 aliphatic rings. The van der Waals surface area contributed by atoms with Crippen LogP contribution in [0.1, 0.15) is 39.5 Å². The molecule has 1 aromatic carbocycles. The van der Waals surface area contributed by atoms with Gasteiger partial charge < -0.3 is 4.90 Å². The van der Waals surface area contributed by atoms with Gasteiger partial charge in [0.15, 0.2) is 0 Å². The molecular formula is C14H21IN. The SMILES string of the molecule is CCCCN(CCCC)c1[c]cccc1I. The lowest BCUT2D eigenvalue weighted by Gasteiger charge is -2.25. The first-order valence-electron chi connectivity index (χ1n) is 6.20. The lowest BCUT2D eigenvalue weighted by molar-refractivity contribution is 0.676. The summed E-state index contributed by atoms with van der Waals surface area (Å²) in [7, 11) is 0. The van der Waals surface area contributed by atoms with Gasteiger partial charge in [-0.2, -0.15) is 0 Å². The Bertz CT molecular complexity index is 291. The molecule has 16 heavy (non-hydrogen) atoms. The number of rotatable bonds is 7. The number of anilines is 1. The molecule has 0 fully saturated rings. The van der Waals surface area contributed by atoms with Crippen molar-refractivity contribution in [1.82, 2.24) is 0 Å². The van der Waals surface area contributed by atoms with Crippen molar-refractivity contribution >= 4 is 28.3 Å². The molecule has 1 rings (SSSR count). The van der Waals surface area contributed by atoms with Crippen molar-refractivity contribution in [3.05, 3.63) is 27.8 Å². The van der Waals surface area contributed by atoms with Crippen LogP contribution < -0.4 is 4.90 Å². The van der Waals surface area contributed by atoms with Crippen molar-refractivity contribution in [2.24, 2.45) is 0 Å². The van der Waals surface area contributed by atoms with Crippen molar-refractivity contribution in [3.8, 4) is 0 Å². The molecule has 2 heteroatoms. The Labute approximate surface area is 113 Å². The van der Waals surface area contributed by atoms with E-state index in [1.54, 1.807) is 0 Å². The lowest BCUT2D eigenvalue weighted by Crippen LogP contribution is -2.26. The predicted molar refractivity (Wildman–Crippen MR) is 80.0 cm³/mol. The summed E-state index contributed by atoms with van der Waals surface area (Å²) in [6.07, 6.45) is 5.04. The van der Waals surface area contributed by atoms with Gasteiger partial charge in [0.1, 0.15) is 0 Å². The van der Waals surface area contributed by atoms with E-state index < -0.39 is 0 Å². The first kappa shape index (κ1) is 13.8. The summed E-state index contributed by atoms with van der Waals surface area (Å²) in [5.41, 5.74) is 1.28. The van der Waals surface area contributed by atoms with Crippen molar-refractivity contribution < 1.29 is 0 Å². The second kappa shape index (κ2) is 7.93. The highest BCUT2D eigenvalue weighted by molar-refractivity contribution is 14.1. The molecule has 1 nitrogen and oxygen atoms in total. The van der Waals surface area contributed by atoms with Gasteiger partial charge in [0.05, 0.1) is 5.69 Å². The van der Waals surface area contributed by atoms with Gasteiger partial charge in [0.25, 0.3) is 0 Å². The molecule has 0 amide bonds. The van der Waals surface area contributed by atoms with Crippen LogP contribution in [0.4, 0.5) is 5.69 Å². The number of unbranched alkanes of at least 4 members (excludes halogenated alkanes) is 2. The molecule has 0 heterocycles. The predicted octanol–water partition coefficient (Wildman–Crippen LogP) is 4.50. The fourth-order valence-corrected chi connectivity index (χ4v) is 2.39. The van der Waals surface area contributed by atoms with Gasteiger partial charge in [-0.3, -0.25) is 0 Å². The van der Waals surface area contributed by atoms with E-state index in [9.17, 15) is 0 Å². The van der Waals surface area contributed by atoms with E-state index in [0.29, 0.717) is 0 Å². The van der Waals surface area contributed by atoms with Crippen LogP contribution in [0.15, 0.2) is 18.2 Å². The number of para-hydroxylation sites is 1. The maximum absolute atomic E-state index is 3.37. The molecule has 0 N–H and O–H groups in total. The van der Waals surface area contributed by atoms with Crippen LogP contribution in [0.25, 0.3) is 0 Å². The number of hydrogen-bond acceptors (Lipinski definition) is 1. The molecule has 0 aromatic heterocycles. The third-order valence-corrected chi connectivity index (χ3v) is 3.53. The van der Waals surface area contributed by atoms with Crippen LogP contribution in [-0.2, 0) is 0 Å². The van der Waals surface area contributed by atoms with Crippen LogP contribution in [0, 0.1) is 9.64 Å². The molecule has 0 aliphatic carbocycles. The van der Waals surface area contributed by atoms with Crippen molar-refractivity contribution in [2.75, 3.05) is 18.0 Å². The molecule has 0 unspecified atom stereocenters. The van der Waals surface area contributed by atoms with E-state index in [1.807, 2.05) is 6.07 Å². The topological polar surface area (TPSA) is 3.24 Å². The number of hydrogen-bond donors (Lipinski definition) is 0. The average molecular weight is 330 g/mol. The van der Waals surface area contributed by atoms with Crippen LogP contribution in [0.3, 0.4) is 0 Å². The van der Waals surface area contributed by atoms with Crippen LogP contribution in [0.5, 0.6) is 0 Å². The molecule has 0 saturated heterocycles. The third kappa shape index (κ3) is 4.32. The molecule has 0 spiro atoms. The Balaban J connectivity index is 2.70. The highest BCUT2D eigenvalue weighted by atomic mass is 127. The zero-order valence-electron chi connectivity index (χ0n) is 10.3. The maximum Gasteiger partial charge on any atom is 0.0582 e. The second-order valence-electron chi connectivity index (χ2n) is 4.06. The summed E-state index contributed by atoms with van der Waals surface area (Å²) in [4.78, 5) is 2.48. The van der Waals surface area contributed by atoms with Gasteiger partial charge in [-0.1, -0.05) is 38.8 Å². The number of nitrogens with zero attached hydrogens (tertiary/aromatic N) is 1. The second-order valence-corrected chi connectivity index (χ2v) is 5.22. The number of benzene rings is 1. The Morgan fingerprint density at radius 3 is 2.31 bits per heavy atom. The lowest BCUT2D eigenvalue weighted by atomic mass is 10.2. The minimum atomic E-state index is 1.16. The summed E-state index contributed by atoms with van der Waals surface area (Å²) in [6, 6.07) is 9.61. The van der Waals surface area contributed by atoms with E-state index in [1.165, 1.54) is 34.9 Å². The molecule has 0 saturated carbocycles. The normalized spacial score (nSPS) is 10.4. The minimum Gasteiger partial charge on any atom is -0.370 e. The standard InChI is InChI=1S/C14H21IN/c1-3-5-11-16(12-6-4-2)14-10-8-7-9-13(14)15/h7-9H,3-6,11-12H2,1-2H3. The highest BCUT2D eigenvalue weighted by Crippen LogP contribution is 2.22. The number of halogens is 1. The molecule has 1 radical (unpaired) electrons. The summed E-state index contributed by atoms with van der Waals surface area (Å²) in [5.74, 6) is 0. The van der Waals surface area contributed by atoms with Gasteiger partial charge in [-0.05, 0) is 41.5 Å². The van der Waals surface area contributed by atoms with Crippen molar-refractivity contribution in [2.45, 2.75) is 39.5 Å². The van der Waals surface area contributed by atoms with Gasteiger partial charge >= 0.3 is 0 Å². The quantitative estimate of drug-likeness (QED) is 0.666. The zero-order valence-corrected chi connectivity index (χ0v) is 12.5. The third-order valence-electron chi connectivity index (χ3n) is 2.66. The largest absolute Gasteiger partial charge is 0.370 e. The molecular weight excluding hydrogens is 309 g/mol. The zero-order chi connectivity index (χ0) is 11.8. The fraction of sp³-hybridized carbons (Fsp3) is 0.571. The van der Waals surface area contributed by atoms with E-state index >= 15 is 0 Å². The van der Waals surface area contributed by atoms with E-state index in [-0.39, 0.29) is 0 Å². The Morgan fingerprint density at radius 2 is 1.81 bits per heavy atom. The van der Waals surface area contributed by atoms with Crippen LogP contribution >= 0.6 is 22.6 Å². The van der Waals surface area contributed by atoms with Gasteiger partial charge in [0, 0.05) is 22.7 Å². The first-order valence-corrected chi connectivity index (χ1v) is 7.28. The minimum absolute atomic E-state index is 1.16. The summed E-state index contributed by atoms with van der Waals surface area (Å²) in [6.45, 7) is 6.81. The molecule has 1 aromatic rings.